The number of carbonyl (C=O) groups is 2. The number of isocyanates is 1. The minimum Gasteiger partial charge on any atom is -0.332 e. The third kappa shape index (κ3) is 4.28. The number of hydrogen-bond donors (Lipinski definition) is 1. The highest BCUT2D eigenvalue weighted by molar-refractivity contribution is 5.74. The van der Waals surface area contributed by atoms with Crippen LogP contribution in [-0.4, -0.2) is 18.3 Å². The topological polar surface area (TPSA) is 108 Å². The number of amides is 2. The minimum atomic E-state index is -1.39. The van der Waals surface area contributed by atoms with E-state index in [1.807, 2.05) is 0 Å². The first-order chi connectivity index (χ1) is 4.66. The molecule has 0 heterocycles. The van der Waals surface area contributed by atoms with Crippen LogP contribution in [0.4, 0.5) is 9.59 Å². The Morgan fingerprint density at radius 2 is 2.00 bits per heavy atom. The van der Waals surface area contributed by atoms with Gasteiger partial charge in [0.05, 0.1) is 0 Å². The van der Waals surface area contributed by atoms with E-state index in [4.69, 9.17) is 0 Å². The molecule has 0 rings (SSSR count). The van der Waals surface area contributed by atoms with Crippen molar-refractivity contribution in [3.05, 3.63) is 0 Å². The highest BCUT2D eigenvalue weighted by Gasteiger charge is 2.02. The zero-order valence-electron chi connectivity index (χ0n) is 4.57. The van der Waals surface area contributed by atoms with E-state index in [0.29, 0.717) is 0 Å². The Morgan fingerprint density at radius 3 is 2.40 bits per heavy atom. The maximum Gasteiger partial charge on any atom is 0.486 e. The first kappa shape index (κ1) is 8.12. The number of nitrogens with zero attached hydrogens (tertiary/aromatic N) is 1. The monoisotopic (exact) mass is 146 g/mol. The van der Waals surface area contributed by atoms with Gasteiger partial charge in [-0.1, -0.05) is 4.99 Å². The second kappa shape index (κ2) is 4.04. The standard InChI is InChI=1S/C3H2N2O5/c4-2(7)9-10-3(8)5-1-6/h(H2,4,7). The quantitative estimate of drug-likeness (QED) is 0.214. The van der Waals surface area contributed by atoms with Crippen LogP contribution >= 0.6 is 0 Å². The Balaban J connectivity index is 3.60. The van der Waals surface area contributed by atoms with Crippen molar-refractivity contribution in [3.63, 3.8) is 0 Å². The van der Waals surface area contributed by atoms with Gasteiger partial charge in [0.2, 0.25) is 6.08 Å². The molecule has 7 nitrogen and oxygen atoms in total. The van der Waals surface area contributed by atoms with Gasteiger partial charge in [-0.05, 0) is 0 Å². The van der Waals surface area contributed by atoms with Crippen molar-refractivity contribution in [2.24, 2.45) is 10.7 Å². The molecule has 7 heteroatoms. The number of primary amides is 1. The van der Waals surface area contributed by atoms with Gasteiger partial charge in [-0.25, -0.2) is 24.2 Å². The molecule has 0 unspecified atom stereocenters. The van der Waals surface area contributed by atoms with E-state index >= 15 is 0 Å². The summed E-state index contributed by atoms with van der Waals surface area (Å²) in [6.07, 6.45) is -1.85. The van der Waals surface area contributed by atoms with Crippen molar-refractivity contribution in [2.75, 3.05) is 0 Å². The molecule has 0 radical (unpaired) electrons. The van der Waals surface area contributed by atoms with E-state index in [2.05, 4.69) is 20.5 Å². The minimum absolute atomic E-state index is 0.860. The fourth-order valence-corrected chi connectivity index (χ4v) is 0.133. The summed E-state index contributed by atoms with van der Waals surface area (Å²) in [6.45, 7) is 0. The summed E-state index contributed by atoms with van der Waals surface area (Å²) in [5, 5.41) is 0. The lowest BCUT2D eigenvalue weighted by Gasteiger charge is -1.91. The SMILES string of the molecule is NC(=O)OOC(=O)N=C=O. The molecule has 0 bridgehead atoms. The summed E-state index contributed by atoms with van der Waals surface area (Å²) in [6, 6.07) is 0. The zero-order chi connectivity index (χ0) is 7.98. The molecule has 0 aromatic heterocycles. The average molecular weight is 146 g/mol. The number of carbonyl (C=O) groups excluding carboxylic acids is 3. The lowest BCUT2D eigenvalue weighted by molar-refractivity contribution is -0.172. The van der Waals surface area contributed by atoms with Crippen LogP contribution in [0, 0.1) is 0 Å². The van der Waals surface area contributed by atoms with Gasteiger partial charge >= 0.3 is 12.2 Å². The molecule has 0 atom stereocenters. The normalized spacial score (nSPS) is 7.20. The maximum absolute atomic E-state index is 9.96. The Bertz CT molecular complexity index is 193. The second-order valence-electron chi connectivity index (χ2n) is 0.955. The highest BCUT2D eigenvalue weighted by atomic mass is 17.2. The van der Waals surface area contributed by atoms with Gasteiger partial charge < -0.3 is 5.73 Å². The smallest absolute Gasteiger partial charge is 0.332 e. The van der Waals surface area contributed by atoms with Crippen LogP contribution in [0.1, 0.15) is 0 Å². The van der Waals surface area contributed by atoms with Crippen LogP contribution < -0.4 is 5.73 Å². The molecule has 0 spiro atoms. The predicted octanol–water partition coefficient (Wildman–Crippen LogP) is -0.531. The number of aliphatic imine (C=N–C) groups is 1. The van der Waals surface area contributed by atoms with Gasteiger partial charge in [-0.2, -0.15) is 0 Å². The van der Waals surface area contributed by atoms with Crippen LogP contribution in [0.2, 0.25) is 0 Å². The molecule has 0 aliphatic rings. The number of nitrogens with two attached hydrogens (primary N) is 1. The van der Waals surface area contributed by atoms with Crippen molar-refractivity contribution in [3.8, 4) is 0 Å². The van der Waals surface area contributed by atoms with Crippen molar-refractivity contribution in [1.29, 1.82) is 0 Å². The Hall–Kier alpha value is -1.88. The summed E-state index contributed by atoms with van der Waals surface area (Å²) in [5.74, 6) is 0. The van der Waals surface area contributed by atoms with Gasteiger partial charge in [-0.15, -0.1) is 0 Å². The van der Waals surface area contributed by atoms with Crippen LogP contribution in [-0.2, 0) is 14.6 Å². The fraction of sp³-hybridized carbons (Fsp3) is 0. The third-order valence-electron chi connectivity index (χ3n) is 0.332. The van der Waals surface area contributed by atoms with E-state index in [9.17, 15) is 14.4 Å². The zero-order valence-corrected chi connectivity index (χ0v) is 4.57. The number of hydrogen-bond acceptors (Lipinski definition) is 5. The largest absolute Gasteiger partial charge is 0.486 e. The molecule has 0 saturated carbocycles. The molecule has 0 aromatic carbocycles. The fourth-order valence-electron chi connectivity index (χ4n) is 0.133. The van der Waals surface area contributed by atoms with E-state index in [-0.39, 0.29) is 0 Å². The molecular weight excluding hydrogens is 144 g/mol. The van der Waals surface area contributed by atoms with E-state index in [0.717, 1.165) is 6.08 Å². The summed E-state index contributed by atoms with van der Waals surface area (Å²) in [4.78, 5) is 38.3. The first-order valence-corrected chi connectivity index (χ1v) is 1.92. The van der Waals surface area contributed by atoms with Crippen LogP contribution in [0.3, 0.4) is 0 Å². The van der Waals surface area contributed by atoms with E-state index in [1.165, 1.54) is 0 Å². The molecule has 54 valence electrons. The third-order valence-corrected chi connectivity index (χ3v) is 0.332. The Labute approximate surface area is 54.3 Å². The molecule has 10 heavy (non-hydrogen) atoms. The molecular formula is C3H2N2O5. The average Bonchev–Trinajstić information content (AvgIpc) is 1.85. The summed E-state index contributed by atoms with van der Waals surface area (Å²) in [7, 11) is 0. The van der Waals surface area contributed by atoms with Crippen LogP contribution in [0.5, 0.6) is 0 Å². The Morgan fingerprint density at radius 1 is 1.40 bits per heavy atom. The Kier molecular flexibility index (Phi) is 3.28. The molecule has 0 fully saturated rings. The second-order valence-corrected chi connectivity index (χ2v) is 0.955. The summed E-state index contributed by atoms with van der Waals surface area (Å²) < 4.78 is 0. The van der Waals surface area contributed by atoms with Gasteiger partial charge in [0, 0.05) is 0 Å². The number of rotatable bonds is 0. The molecule has 0 aromatic rings. The first-order valence-electron chi connectivity index (χ1n) is 1.92. The molecule has 0 aliphatic heterocycles. The van der Waals surface area contributed by atoms with Crippen molar-refractivity contribution >= 4 is 18.3 Å². The van der Waals surface area contributed by atoms with E-state index < -0.39 is 12.2 Å². The molecule has 0 aliphatic carbocycles. The van der Waals surface area contributed by atoms with Gasteiger partial charge in [-0.3, -0.25) is 0 Å². The lowest BCUT2D eigenvalue weighted by atomic mass is 11.2. The molecule has 2 amide bonds. The van der Waals surface area contributed by atoms with E-state index in [1.54, 1.807) is 0 Å². The van der Waals surface area contributed by atoms with Crippen LogP contribution in [0.25, 0.3) is 0 Å². The highest BCUT2D eigenvalue weighted by Crippen LogP contribution is 1.82. The lowest BCUT2D eigenvalue weighted by Crippen LogP contribution is -2.14. The molecule has 2 N–H and O–H groups in total. The van der Waals surface area contributed by atoms with Crippen molar-refractivity contribution < 1.29 is 24.2 Å². The van der Waals surface area contributed by atoms with Gasteiger partial charge in [0.1, 0.15) is 0 Å². The molecule has 0 saturated heterocycles. The predicted molar refractivity (Wildman–Crippen MR) is 25.3 cm³/mol. The summed E-state index contributed by atoms with van der Waals surface area (Å²) >= 11 is 0. The maximum atomic E-state index is 9.96. The van der Waals surface area contributed by atoms with Crippen molar-refractivity contribution in [1.82, 2.24) is 0 Å². The van der Waals surface area contributed by atoms with Gasteiger partial charge in [0.15, 0.2) is 0 Å². The van der Waals surface area contributed by atoms with Gasteiger partial charge in [0.25, 0.3) is 0 Å². The summed E-state index contributed by atoms with van der Waals surface area (Å²) in [5.41, 5.74) is 4.36. The van der Waals surface area contributed by atoms with Crippen molar-refractivity contribution in [2.45, 2.75) is 0 Å². The van der Waals surface area contributed by atoms with Crippen LogP contribution in [0.15, 0.2) is 4.99 Å².